The maximum Gasteiger partial charge on any atom is 0.134 e. The number of alkyl halides is 1. The zero-order valence-corrected chi connectivity index (χ0v) is 12.5. The highest BCUT2D eigenvalue weighted by Crippen LogP contribution is 2.37. The molecule has 20 heavy (non-hydrogen) atoms. The van der Waals surface area contributed by atoms with E-state index in [-0.39, 0.29) is 17.1 Å². The lowest BCUT2D eigenvalue weighted by Gasteiger charge is -2.16. The van der Waals surface area contributed by atoms with E-state index in [1.807, 2.05) is 0 Å². The molecule has 2 aromatic rings. The van der Waals surface area contributed by atoms with Gasteiger partial charge < -0.3 is 4.74 Å². The van der Waals surface area contributed by atoms with Crippen molar-refractivity contribution in [3.63, 3.8) is 0 Å². The number of rotatable bonds is 3. The van der Waals surface area contributed by atoms with Crippen molar-refractivity contribution in [1.29, 1.82) is 0 Å². The van der Waals surface area contributed by atoms with Crippen LogP contribution in [0.1, 0.15) is 21.5 Å². The molecule has 0 fully saturated rings. The van der Waals surface area contributed by atoms with E-state index in [1.165, 1.54) is 25.3 Å². The molecular weight excluding hydrogens is 333 g/mol. The highest BCUT2D eigenvalue weighted by molar-refractivity contribution is 9.09. The average molecular weight is 345 g/mol. The predicted octanol–water partition coefficient (Wildman–Crippen LogP) is 4.91. The summed E-state index contributed by atoms with van der Waals surface area (Å²) in [4.78, 5) is -0.700. The Morgan fingerprint density at radius 2 is 1.65 bits per heavy atom. The molecule has 0 N–H and O–H groups in total. The van der Waals surface area contributed by atoms with E-state index in [0.717, 1.165) is 12.1 Å². The average Bonchev–Trinajstić information content (AvgIpc) is 2.37. The van der Waals surface area contributed by atoms with Crippen LogP contribution in [0, 0.1) is 24.4 Å². The smallest absolute Gasteiger partial charge is 0.134 e. The second kappa shape index (κ2) is 5.87. The number of halogens is 4. The zero-order chi connectivity index (χ0) is 14.9. The van der Waals surface area contributed by atoms with Crippen molar-refractivity contribution in [2.24, 2.45) is 0 Å². The fourth-order valence-electron chi connectivity index (χ4n) is 2.00. The highest BCUT2D eigenvalue weighted by atomic mass is 79.9. The van der Waals surface area contributed by atoms with E-state index in [0.29, 0.717) is 11.1 Å². The number of ether oxygens (including phenoxy) is 1. The molecule has 0 saturated carbocycles. The van der Waals surface area contributed by atoms with E-state index in [2.05, 4.69) is 15.9 Å². The van der Waals surface area contributed by atoms with Gasteiger partial charge in [-0.25, -0.2) is 13.2 Å². The molecule has 0 bridgehead atoms. The first-order valence-corrected chi connectivity index (χ1v) is 6.78. The van der Waals surface area contributed by atoms with Gasteiger partial charge in [-0.05, 0) is 30.2 Å². The summed E-state index contributed by atoms with van der Waals surface area (Å²) in [6.07, 6.45) is 0. The predicted molar refractivity (Wildman–Crippen MR) is 74.8 cm³/mol. The first kappa shape index (κ1) is 14.9. The standard InChI is InChI=1S/C15H12BrF3O/c1-8-5-9(17)3-4-11(8)15(16)14-12(18)6-10(20-2)7-13(14)19/h3-7,15H,1-2H3. The van der Waals surface area contributed by atoms with Crippen molar-refractivity contribution in [3.05, 3.63) is 64.5 Å². The second-order valence-corrected chi connectivity index (χ2v) is 5.28. The number of methoxy groups -OCH3 is 1. The summed E-state index contributed by atoms with van der Waals surface area (Å²) in [7, 11) is 1.34. The summed E-state index contributed by atoms with van der Waals surface area (Å²) in [5.74, 6) is -1.71. The summed E-state index contributed by atoms with van der Waals surface area (Å²) in [6.45, 7) is 1.69. The van der Waals surface area contributed by atoms with Crippen LogP contribution >= 0.6 is 15.9 Å². The summed E-state index contributed by atoms with van der Waals surface area (Å²) in [5.41, 5.74) is 1.09. The molecule has 2 rings (SSSR count). The number of hydrogen-bond donors (Lipinski definition) is 0. The Bertz CT molecular complexity index is 620. The molecular formula is C15H12BrF3O. The van der Waals surface area contributed by atoms with Gasteiger partial charge in [-0.15, -0.1) is 0 Å². The van der Waals surface area contributed by atoms with Crippen molar-refractivity contribution < 1.29 is 17.9 Å². The van der Waals surface area contributed by atoms with Gasteiger partial charge in [-0.1, -0.05) is 22.0 Å². The summed E-state index contributed by atoms with van der Waals surface area (Å²) in [5, 5.41) is 0. The molecule has 1 atom stereocenters. The monoisotopic (exact) mass is 344 g/mol. The van der Waals surface area contributed by atoms with Gasteiger partial charge in [0.1, 0.15) is 23.2 Å². The van der Waals surface area contributed by atoms with Crippen molar-refractivity contribution >= 4 is 15.9 Å². The van der Waals surface area contributed by atoms with E-state index in [4.69, 9.17) is 4.74 Å². The fraction of sp³-hybridized carbons (Fsp3) is 0.200. The van der Waals surface area contributed by atoms with Gasteiger partial charge in [0.2, 0.25) is 0 Å². The lowest BCUT2D eigenvalue weighted by atomic mass is 9.99. The van der Waals surface area contributed by atoms with Crippen molar-refractivity contribution in [2.45, 2.75) is 11.8 Å². The SMILES string of the molecule is COc1cc(F)c(C(Br)c2ccc(F)cc2C)c(F)c1. The van der Waals surface area contributed by atoms with Gasteiger partial charge in [0, 0.05) is 17.7 Å². The van der Waals surface area contributed by atoms with Crippen molar-refractivity contribution in [1.82, 2.24) is 0 Å². The normalized spacial score (nSPS) is 12.3. The molecule has 5 heteroatoms. The summed E-state index contributed by atoms with van der Waals surface area (Å²) < 4.78 is 45.9. The molecule has 0 aliphatic rings. The third-order valence-electron chi connectivity index (χ3n) is 3.05. The maximum absolute atomic E-state index is 14.0. The summed E-state index contributed by atoms with van der Waals surface area (Å²) in [6, 6.07) is 6.32. The lowest BCUT2D eigenvalue weighted by Crippen LogP contribution is -2.03. The van der Waals surface area contributed by atoms with E-state index < -0.39 is 16.5 Å². The van der Waals surface area contributed by atoms with E-state index in [9.17, 15) is 13.2 Å². The number of hydrogen-bond acceptors (Lipinski definition) is 1. The number of aryl methyl sites for hydroxylation is 1. The highest BCUT2D eigenvalue weighted by Gasteiger charge is 2.22. The van der Waals surface area contributed by atoms with Gasteiger partial charge in [0.15, 0.2) is 0 Å². The molecule has 1 unspecified atom stereocenters. The fourth-order valence-corrected chi connectivity index (χ4v) is 2.95. The Balaban J connectivity index is 2.50. The minimum absolute atomic E-state index is 0.110. The van der Waals surface area contributed by atoms with Crippen LogP contribution in [0.2, 0.25) is 0 Å². The summed E-state index contributed by atoms with van der Waals surface area (Å²) >= 11 is 3.27. The first-order valence-electron chi connectivity index (χ1n) is 5.87. The lowest BCUT2D eigenvalue weighted by molar-refractivity contribution is 0.405. The first-order chi connectivity index (χ1) is 9.43. The maximum atomic E-state index is 14.0. The third kappa shape index (κ3) is 2.82. The molecule has 0 saturated heterocycles. The van der Waals surface area contributed by atoms with Crippen LogP contribution in [-0.4, -0.2) is 7.11 Å². The Hall–Kier alpha value is -1.49. The van der Waals surface area contributed by atoms with Gasteiger partial charge >= 0.3 is 0 Å². The Labute approximate surface area is 123 Å². The molecule has 0 heterocycles. The number of benzene rings is 2. The molecule has 106 valence electrons. The van der Waals surface area contributed by atoms with Gasteiger partial charge in [0.25, 0.3) is 0 Å². The van der Waals surface area contributed by atoms with Crippen LogP contribution in [-0.2, 0) is 0 Å². The molecule has 0 aliphatic carbocycles. The van der Waals surface area contributed by atoms with Gasteiger partial charge in [-0.3, -0.25) is 0 Å². The second-order valence-electron chi connectivity index (χ2n) is 4.37. The van der Waals surface area contributed by atoms with Gasteiger partial charge in [0.05, 0.1) is 11.9 Å². The van der Waals surface area contributed by atoms with Crippen LogP contribution in [0.4, 0.5) is 13.2 Å². The minimum Gasteiger partial charge on any atom is -0.497 e. The van der Waals surface area contributed by atoms with Crippen LogP contribution < -0.4 is 4.74 Å². The molecule has 0 aromatic heterocycles. The van der Waals surface area contributed by atoms with Gasteiger partial charge in [-0.2, -0.15) is 0 Å². The molecule has 0 radical (unpaired) electrons. The molecule has 0 spiro atoms. The van der Waals surface area contributed by atoms with Crippen LogP contribution in [0.25, 0.3) is 0 Å². The van der Waals surface area contributed by atoms with Crippen LogP contribution in [0.15, 0.2) is 30.3 Å². The Morgan fingerprint density at radius 1 is 1.05 bits per heavy atom. The third-order valence-corrected chi connectivity index (χ3v) is 4.00. The quantitative estimate of drug-likeness (QED) is 0.719. The molecule has 2 aromatic carbocycles. The molecule has 1 nitrogen and oxygen atoms in total. The molecule has 0 aliphatic heterocycles. The van der Waals surface area contributed by atoms with Crippen molar-refractivity contribution in [2.75, 3.05) is 7.11 Å². The molecule has 0 amide bonds. The van der Waals surface area contributed by atoms with Crippen molar-refractivity contribution in [3.8, 4) is 5.75 Å². The van der Waals surface area contributed by atoms with E-state index >= 15 is 0 Å². The largest absolute Gasteiger partial charge is 0.497 e. The van der Waals surface area contributed by atoms with Crippen LogP contribution in [0.5, 0.6) is 5.75 Å². The minimum atomic E-state index is -0.715. The zero-order valence-electron chi connectivity index (χ0n) is 10.9. The van der Waals surface area contributed by atoms with E-state index in [1.54, 1.807) is 6.92 Å². The van der Waals surface area contributed by atoms with Crippen LogP contribution in [0.3, 0.4) is 0 Å². The Kier molecular flexibility index (Phi) is 4.38. The Morgan fingerprint density at radius 3 is 2.15 bits per heavy atom. The topological polar surface area (TPSA) is 9.23 Å².